The number of H-pyrrole nitrogens is 1. The lowest BCUT2D eigenvalue weighted by atomic mass is 10.1. The molecule has 2 rings (SSSR count). The van der Waals surface area contributed by atoms with Gasteiger partial charge in [-0.1, -0.05) is 0 Å². The fourth-order valence-corrected chi connectivity index (χ4v) is 3.22. The van der Waals surface area contributed by atoms with E-state index in [0.717, 1.165) is 19.5 Å². The molecule has 0 spiro atoms. The van der Waals surface area contributed by atoms with Crippen LogP contribution in [-0.2, 0) is 10.0 Å². The zero-order chi connectivity index (χ0) is 13.2. The number of nitrogens with zero attached hydrogens (tertiary/aromatic N) is 2. The van der Waals surface area contributed by atoms with Crippen molar-refractivity contribution in [3.63, 3.8) is 0 Å². The molecular formula is C11H20N4O2S. The quantitative estimate of drug-likeness (QED) is 0.814. The molecular weight excluding hydrogens is 252 g/mol. The Kier molecular flexibility index (Phi) is 4.04. The number of likely N-dealkylation sites (tertiary alicyclic amines) is 1. The molecule has 0 amide bonds. The second-order valence-electron chi connectivity index (χ2n) is 5.03. The molecule has 2 N–H and O–H groups in total. The summed E-state index contributed by atoms with van der Waals surface area (Å²) in [6.45, 7) is 6.84. The van der Waals surface area contributed by atoms with Gasteiger partial charge in [-0.2, -0.15) is 5.10 Å². The highest BCUT2D eigenvalue weighted by Crippen LogP contribution is 2.18. The van der Waals surface area contributed by atoms with Crippen molar-refractivity contribution in [1.29, 1.82) is 0 Å². The first-order chi connectivity index (χ1) is 8.49. The summed E-state index contributed by atoms with van der Waals surface area (Å²) in [5.41, 5.74) is 0. The molecule has 1 atom stereocenters. The van der Waals surface area contributed by atoms with Crippen molar-refractivity contribution in [2.24, 2.45) is 5.92 Å². The standard InChI is InChI=1S/C11H20N4O2S/c1-9(2)15-4-3-10(8-15)5-14-18(16,17)11-6-12-13-7-11/h6-7,9-10,14H,3-5,8H2,1-2H3,(H,12,13). The molecule has 6 nitrogen and oxygen atoms in total. The Morgan fingerprint density at radius 2 is 2.39 bits per heavy atom. The highest BCUT2D eigenvalue weighted by atomic mass is 32.2. The minimum atomic E-state index is -3.40. The predicted octanol–water partition coefficient (Wildman–Crippen LogP) is 0.418. The number of hydrogen-bond acceptors (Lipinski definition) is 4. The molecule has 18 heavy (non-hydrogen) atoms. The van der Waals surface area contributed by atoms with Crippen LogP contribution in [0.25, 0.3) is 0 Å². The molecule has 1 aromatic rings. The minimum Gasteiger partial charge on any atom is -0.301 e. The minimum absolute atomic E-state index is 0.196. The van der Waals surface area contributed by atoms with Gasteiger partial charge in [0.1, 0.15) is 4.90 Å². The average molecular weight is 272 g/mol. The van der Waals surface area contributed by atoms with Crippen molar-refractivity contribution >= 4 is 10.0 Å². The summed E-state index contributed by atoms with van der Waals surface area (Å²) in [5.74, 6) is 0.397. The van der Waals surface area contributed by atoms with Crippen LogP contribution >= 0.6 is 0 Å². The molecule has 1 unspecified atom stereocenters. The second-order valence-corrected chi connectivity index (χ2v) is 6.80. The van der Waals surface area contributed by atoms with Gasteiger partial charge < -0.3 is 4.90 Å². The largest absolute Gasteiger partial charge is 0.301 e. The molecule has 1 aliphatic heterocycles. The third-order valence-electron chi connectivity index (χ3n) is 3.39. The lowest BCUT2D eigenvalue weighted by molar-refractivity contribution is 0.265. The Morgan fingerprint density at radius 3 is 2.94 bits per heavy atom. The van der Waals surface area contributed by atoms with Crippen LogP contribution < -0.4 is 4.72 Å². The zero-order valence-electron chi connectivity index (χ0n) is 10.8. The second kappa shape index (κ2) is 5.38. The first-order valence-electron chi connectivity index (χ1n) is 6.21. The number of aromatic nitrogens is 2. The maximum Gasteiger partial charge on any atom is 0.243 e. The van der Waals surface area contributed by atoms with E-state index in [4.69, 9.17) is 0 Å². The fourth-order valence-electron chi connectivity index (χ4n) is 2.20. The maximum absolute atomic E-state index is 11.9. The molecule has 1 fully saturated rings. The van der Waals surface area contributed by atoms with Gasteiger partial charge in [0.15, 0.2) is 0 Å². The lowest BCUT2D eigenvalue weighted by Crippen LogP contribution is -2.32. The summed E-state index contributed by atoms with van der Waals surface area (Å²) in [7, 11) is -3.40. The SMILES string of the molecule is CC(C)N1CCC(CNS(=O)(=O)c2cn[nH]c2)C1. The molecule has 1 saturated heterocycles. The Labute approximate surface area is 108 Å². The van der Waals surface area contributed by atoms with Gasteiger partial charge in [-0.05, 0) is 32.7 Å². The van der Waals surface area contributed by atoms with Crippen molar-refractivity contribution in [3.8, 4) is 0 Å². The van der Waals surface area contributed by atoms with Gasteiger partial charge in [-0.3, -0.25) is 5.10 Å². The van der Waals surface area contributed by atoms with E-state index in [-0.39, 0.29) is 4.90 Å². The van der Waals surface area contributed by atoms with Gasteiger partial charge in [-0.15, -0.1) is 0 Å². The van der Waals surface area contributed by atoms with E-state index in [9.17, 15) is 8.42 Å². The van der Waals surface area contributed by atoms with Crippen molar-refractivity contribution in [1.82, 2.24) is 19.8 Å². The number of rotatable bonds is 5. The van der Waals surface area contributed by atoms with E-state index in [1.807, 2.05) is 0 Å². The zero-order valence-corrected chi connectivity index (χ0v) is 11.6. The van der Waals surface area contributed by atoms with Gasteiger partial charge in [0, 0.05) is 25.3 Å². The monoisotopic (exact) mass is 272 g/mol. The number of nitrogens with one attached hydrogen (secondary N) is 2. The summed E-state index contributed by atoms with van der Waals surface area (Å²) in [6, 6.07) is 0.528. The molecule has 0 saturated carbocycles. The maximum atomic E-state index is 11.9. The van der Waals surface area contributed by atoms with E-state index in [1.54, 1.807) is 0 Å². The fraction of sp³-hybridized carbons (Fsp3) is 0.727. The highest BCUT2D eigenvalue weighted by Gasteiger charge is 2.25. The van der Waals surface area contributed by atoms with Crippen molar-refractivity contribution in [2.45, 2.75) is 31.2 Å². The average Bonchev–Trinajstić information content (AvgIpc) is 2.98. The van der Waals surface area contributed by atoms with Crippen LogP contribution in [0, 0.1) is 5.92 Å². The van der Waals surface area contributed by atoms with Crippen LogP contribution in [0.1, 0.15) is 20.3 Å². The van der Waals surface area contributed by atoms with E-state index in [1.165, 1.54) is 12.4 Å². The summed E-state index contributed by atoms with van der Waals surface area (Å²) in [6.07, 6.45) is 3.75. The number of aromatic amines is 1. The van der Waals surface area contributed by atoms with Crippen LogP contribution in [0.2, 0.25) is 0 Å². The van der Waals surface area contributed by atoms with Crippen LogP contribution in [0.5, 0.6) is 0 Å². The predicted molar refractivity (Wildman–Crippen MR) is 68.6 cm³/mol. The number of sulfonamides is 1. The van der Waals surface area contributed by atoms with Gasteiger partial charge in [0.25, 0.3) is 0 Å². The normalized spacial score (nSPS) is 21.8. The molecule has 0 aliphatic carbocycles. The Hall–Kier alpha value is -0.920. The van der Waals surface area contributed by atoms with Gasteiger partial charge in [0.05, 0.1) is 6.20 Å². The van der Waals surface area contributed by atoms with E-state index >= 15 is 0 Å². The molecule has 0 radical (unpaired) electrons. The van der Waals surface area contributed by atoms with E-state index in [0.29, 0.717) is 18.5 Å². The number of hydrogen-bond donors (Lipinski definition) is 2. The first kappa shape index (κ1) is 13.5. The summed E-state index contributed by atoms with van der Waals surface area (Å²) < 4.78 is 26.4. The van der Waals surface area contributed by atoms with Gasteiger partial charge >= 0.3 is 0 Å². The molecule has 0 bridgehead atoms. The molecule has 102 valence electrons. The van der Waals surface area contributed by atoms with Gasteiger partial charge in [-0.25, -0.2) is 13.1 Å². The van der Waals surface area contributed by atoms with Crippen LogP contribution in [-0.4, -0.2) is 49.2 Å². The third-order valence-corrected chi connectivity index (χ3v) is 4.78. The lowest BCUT2D eigenvalue weighted by Gasteiger charge is -2.20. The molecule has 2 heterocycles. The van der Waals surface area contributed by atoms with Crippen LogP contribution in [0.4, 0.5) is 0 Å². The summed E-state index contributed by atoms with van der Waals surface area (Å²) in [4.78, 5) is 2.57. The Balaban J connectivity index is 1.86. The Morgan fingerprint density at radius 1 is 1.61 bits per heavy atom. The van der Waals surface area contributed by atoms with Crippen LogP contribution in [0.3, 0.4) is 0 Å². The van der Waals surface area contributed by atoms with Crippen molar-refractivity contribution in [3.05, 3.63) is 12.4 Å². The van der Waals surface area contributed by atoms with Crippen molar-refractivity contribution in [2.75, 3.05) is 19.6 Å². The summed E-state index contributed by atoms with van der Waals surface area (Å²) >= 11 is 0. The first-order valence-corrected chi connectivity index (χ1v) is 7.70. The molecule has 1 aliphatic rings. The topological polar surface area (TPSA) is 78.1 Å². The smallest absolute Gasteiger partial charge is 0.243 e. The van der Waals surface area contributed by atoms with E-state index < -0.39 is 10.0 Å². The van der Waals surface area contributed by atoms with E-state index in [2.05, 4.69) is 33.7 Å². The van der Waals surface area contributed by atoms with Crippen molar-refractivity contribution < 1.29 is 8.42 Å². The molecule has 1 aromatic heterocycles. The molecule has 0 aromatic carbocycles. The Bertz CT molecular complexity index is 469. The summed E-state index contributed by atoms with van der Waals surface area (Å²) in [5, 5.41) is 6.16. The highest BCUT2D eigenvalue weighted by molar-refractivity contribution is 7.89. The molecule has 7 heteroatoms. The third kappa shape index (κ3) is 3.09. The van der Waals surface area contributed by atoms with Gasteiger partial charge in [0.2, 0.25) is 10.0 Å². The van der Waals surface area contributed by atoms with Crippen LogP contribution in [0.15, 0.2) is 17.3 Å².